The highest BCUT2D eigenvalue weighted by molar-refractivity contribution is 6.03. The van der Waals surface area contributed by atoms with Gasteiger partial charge in [0.15, 0.2) is 11.5 Å². The number of hydrogen-bond donors (Lipinski definition) is 4. The van der Waals surface area contributed by atoms with Crippen LogP contribution in [0.3, 0.4) is 0 Å². The number of amides is 2. The molecule has 1 saturated carbocycles. The second-order valence-corrected chi connectivity index (χ2v) is 10.2. The number of carbonyl (C=O) groups is 2. The van der Waals surface area contributed by atoms with Gasteiger partial charge in [0, 0.05) is 22.3 Å². The first-order valence-electron chi connectivity index (χ1n) is 11.5. The first kappa shape index (κ1) is 22.3. The molecule has 8 heteroatoms. The predicted molar refractivity (Wildman–Crippen MR) is 137 cm³/mol. The summed E-state index contributed by atoms with van der Waals surface area (Å²) in [7, 11) is 0. The van der Waals surface area contributed by atoms with E-state index >= 15 is 0 Å². The normalized spacial score (nSPS) is 16.8. The lowest BCUT2D eigenvalue weighted by Gasteiger charge is -2.29. The number of aliphatic hydroxyl groups is 1. The largest absolute Gasteiger partial charge is 0.454 e. The van der Waals surface area contributed by atoms with E-state index in [1.54, 1.807) is 6.07 Å². The highest BCUT2D eigenvalue weighted by atomic mass is 16.7. The Kier molecular flexibility index (Phi) is 5.28. The average Bonchev–Trinajstić information content (AvgIpc) is 3.29. The highest BCUT2D eigenvalue weighted by Crippen LogP contribution is 2.51. The van der Waals surface area contributed by atoms with Crippen LogP contribution in [0.4, 0.5) is 5.69 Å². The number of H-pyrrole nitrogens is 1. The van der Waals surface area contributed by atoms with Gasteiger partial charge in [-0.25, -0.2) is 0 Å². The van der Waals surface area contributed by atoms with Crippen LogP contribution >= 0.6 is 0 Å². The van der Waals surface area contributed by atoms with Crippen LogP contribution < -0.4 is 20.1 Å². The zero-order valence-electron chi connectivity index (χ0n) is 19.5. The zero-order chi connectivity index (χ0) is 24.1. The van der Waals surface area contributed by atoms with Gasteiger partial charge in [-0.2, -0.15) is 0 Å². The van der Waals surface area contributed by atoms with Gasteiger partial charge in [-0.1, -0.05) is 26.8 Å². The molecule has 2 heterocycles. The van der Waals surface area contributed by atoms with Crippen molar-refractivity contribution in [2.24, 2.45) is 5.41 Å². The smallest absolute Gasteiger partial charge is 0.268 e. The van der Waals surface area contributed by atoms with Crippen LogP contribution in [0.2, 0.25) is 0 Å². The lowest BCUT2D eigenvalue weighted by molar-refractivity contribution is -0.118. The molecule has 0 spiro atoms. The SMILES string of the molecule is CC(C)(C)[C@H](CO)NC(=O)c1cc2cc(NC(=O)C3(c4ccc5c(c4)OCO5)CC3)ccc2[nH]1.[HH].[HH].[HH].[HH]. The Labute approximate surface area is 203 Å². The first-order chi connectivity index (χ1) is 16.2. The van der Waals surface area contributed by atoms with Crippen molar-refractivity contribution in [1.29, 1.82) is 0 Å². The van der Waals surface area contributed by atoms with E-state index in [-0.39, 0.29) is 42.4 Å². The predicted octanol–water partition coefficient (Wildman–Crippen LogP) is 4.69. The molecule has 1 atom stereocenters. The summed E-state index contributed by atoms with van der Waals surface area (Å²) in [6.45, 7) is 5.95. The first-order valence-corrected chi connectivity index (χ1v) is 11.5. The van der Waals surface area contributed by atoms with Crippen molar-refractivity contribution in [2.75, 3.05) is 18.7 Å². The topological polar surface area (TPSA) is 113 Å². The zero-order valence-corrected chi connectivity index (χ0v) is 19.5. The number of hydrogen-bond acceptors (Lipinski definition) is 5. The number of ether oxygens (including phenoxy) is 2. The number of anilines is 1. The molecule has 4 N–H and O–H groups in total. The Morgan fingerprint density at radius 2 is 1.88 bits per heavy atom. The summed E-state index contributed by atoms with van der Waals surface area (Å²) < 4.78 is 10.9. The summed E-state index contributed by atoms with van der Waals surface area (Å²) in [4.78, 5) is 29.1. The maximum atomic E-state index is 13.2. The van der Waals surface area contributed by atoms with Gasteiger partial charge < -0.3 is 30.2 Å². The second-order valence-electron chi connectivity index (χ2n) is 10.2. The van der Waals surface area contributed by atoms with Gasteiger partial charge in [-0.05, 0) is 60.2 Å². The molecule has 1 aliphatic heterocycles. The summed E-state index contributed by atoms with van der Waals surface area (Å²) in [5.41, 5.74) is 1.94. The molecule has 8 nitrogen and oxygen atoms in total. The van der Waals surface area contributed by atoms with Crippen LogP contribution in [0.1, 0.15) is 55.4 Å². The molecular weight excluding hydrogens is 434 g/mol. The second kappa shape index (κ2) is 8.06. The Bertz CT molecular complexity index is 1290. The molecule has 0 radical (unpaired) electrons. The summed E-state index contributed by atoms with van der Waals surface area (Å²) in [6, 6.07) is 12.6. The van der Waals surface area contributed by atoms with Crippen LogP contribution in [-0.4, -0.2) is 41.3 Å². The van der Waals surface area contributed by atoms with Crippen molar-refractivity contribution in [1.82, 2.24) is 10.3 Å². The van der Waals surface area contributed by atoms with Crippen molar-refractivity contribution in [3.05, 3.63) is 53.7 Å². The van der Waals surface area contributed by atoms with Gasteiger partial charge in [0.1, 0.15) is 5.69 Å². The minimum absolute atomic E-state index is 0. The van der Waals surface area contributed by atoms with E-state index in [0.29, 0.717) is 22.9 Å². The highest BCUT2D eigenvalue weighted by Gasteiger charge is 2.51. The van der Waals surface area contributed by atoms with E-state index < -0.39 is 5.41 Å². The molecular formula is C26H37N3O5. The van der Waals surface area contributed by atoms with Gasteiger partial charge in [-0.3, -0.25) is 9.59 Å². The molecule has 1 fully saturated rings. The Morgan fingerprint density at radius 3 is 2.59 bits per heavy atom. The van der Waals surface area contributed by atoms with Crippen LogP contribution in [-0.2, 0) is 10.2 Å². The maximum absolute atomic E-state index is 13.2. The lowest BCUT2D eigenvalue weighted by atomic mass is 9.87. The molecule has 1 aromatic heterocycles. The van der Waals surface area contributed by atoms with Crippen LogP contribution in [0.15, 0.2) is 42.5 Å². The number of aromatic amines is 1. The van der Waals surface area contributed by atoms with Gasteiger partial charge >= 0.3 is 0 Å². The van der Waals surface area contributed by atoms with Crippen molar-refractivity contribution >= 4 is 28.4 Å². The number of aliphatic hydroxyl groups excluding tert-OH is 1. The number of nitrogens with one attached hydrogen (secondary N) is 3. The van der Waals surface area contributed by atoms with E-state index in [4.69, 9.17) is 9.47 Å². The summed E-state index contributed by atoms with van der Waals surface area (Å²) in [5, 5.41) is 16.4. The molecule has 2 amide bonds. The third-order valence-corrected chi connectivity index (χ3v) is 6.77. The van der Waals surface area contributed by atoms with E-state index in [1.807, 2.05) is 57.2 Å². The fourth-order valence-corrected chi connectivity index (χ4v) is 4.32. The number of fused-ring (bicyclic) bond motifs is 2. The van der Waals surface area contributed by atoms with Gasteiger partial charge in [-0.15, -0.1) is 0 Å². The van der Waals surface area contributed by atoms with E-state index in [9.17, 15) is 14.7 Å². The lowest BCUT2D eigenvalue weighted by Crippen LogP contribution is -2.46. The molecule has 2 aromatic carbocycles. The van der Waals surface area contributed by atoms with E-state index in [1.165, 1.54) is 0 Å². The molecule has 0 unspecified atom stereocenters. The monoisotopic (exact) mass is 471 g/mol. The van der Waals surface area contributed by atoms with Crippen LogP contribution in [0, 0.1) is 5.41 Å². The molecule has 186 valence electrons. The fraction of sp³-hybridized carbons (Fsp3) is 0.385. The van der Waals surface area contributed by atoms with Gasteiger partial charge in [0.2, 0.25) is 12.7 Å². The quantitative estimate of drug-likeness (QED) is 0.417. The standard InChI is InChI=1S/C26H29N3O5.4H2/c1-25(2,3)22(13-30)29-23(31)19-11-15-10-17(5-6-18(15)28-19)27-24(32)26(8-9-26)16-4-7-20-21(12-16)34-14-33-20;;;;/h4-7,10-12,22,28,30H,8-9,13-14H2,1-3H3,(H,27,32)(H,29,31);4*1H/t22-;;;;/m0..../s1. The van der Waals surface area contributed by atoms with Crippen molar-refractivity contribution in [3.63, 3.8) is 0 Å². The summed E-state index contributed by atoms with van der Waals surface area (Å²) >= 11 is 0. The Hall–Kier alpha value is -3.52. The summed E-state index contributed by atoms with van der Waals surface area (Å²) in [6.07, 6.45) is 1.55. The molecule has 0 bridgehead atoms. The van der Waals surface area contributed by atoms with Gasteiger partial charge in [0.05, 0.1) is 18.1 Å². The molecule has 3 aromatic rings. The number of benzene rings is 2. The van der Waals surface area contributed by atoms with Crippen LogP contribution in [0.25, 0.3) is 10.9 Å². The molecule has 34 heavy (non-hydrogen) atoms. The number of aromatic nitrogens is 1. The number of rotatable bonds is 6. The van der Waals surface area contributed by atoms with Crippen LogP contribution in [0.5, 0.6) is 11.5 Å². The van der Waals surface area contributed by atoms with Crippen molar-refractivity contribution in [3.8, 4) is 11.5 Å². The Balaban J connectivity index is 0.00000180. The Morgan fingerprint density at radius 1 is 1.12 bits per heavy atom. The average molecular weight is 472 g/mol. The third-order valence-electron chi connectivity index (χ3n) is 6.77. The molecule has 0 saturated heterocycles. The summed E-state index contributed by atoms with van der Waals surface area (Å²) in [5.74, 6) is 1.03. The van der Waals surface area contributed by atoms with Crippen molar-refractivity contribution in [2.45, 2.75) is 45.1 Å². The number of carbonyl (C=O) groups excluding carboxylic acids is 2. The van der Waals surface area contributed by atoms with Crippen molar-refractivity contribution < 1.29 is 29.9 Å². The molecule has 1 aliphatic carbocycles. The third kappa shape index (κ3) is 3.98. The fourth-order valence-electron chi connectivity index (χ4n) is 4.32. The minimum Gasteiger partial charge on any atom is -0.454 e. The van der Waals surface area contributed by atoms with E-state index in [0.717, 1.165) is 29.3 Å². The molecule has 2 aliphatic rings. The minimum atomic E-state index is -0.564. The maximum Gasteiger partial charge on any atom is 0.268 e. The van der Waals surface area contributed by atoms with Gasteiger partial charge in [0.25, 0.3) is 5.91 Å². The van der Waals surface area contributed by atoms with E-state index in [2.05, 4.69) is 15.6 Å². The molecule has 5 rings (SSSR count).